The van der Waals surface area contributed by atoms with Crippen LogP contribution in [-0.4, -0.2) is 89.6 Å². The van der Waals surface area contributed by atoms with E-state index in [0.717, 1.165) is 83.5 Å². The Hall–Kier alpha value is -2.37. The molecule has 1 saturated heterocycles. The van der Waals surface area contributed by atoms with E-state index in [0.29, 0.717) is 13.0 Å². The summed E-state index contributed by atoms with van der Waals surface area (Å²) >= 11 is 0. The van der Waals surface area contributed by atoms with E-state index < -0.39 is 43.4 Å². The van der Waals surface area contributed by atoms with E-state index in [1.54, 1.807) is 0 Å². The van der Waals surface area contributed by atoms with Gasteiger partial charge in [-0.05, 0) is 64.2 Å². The van der Waals surface area contributed by atoms with Gasteiger partial charge in [-0.1, -0.05) is 241 Å². The van der Waals surface area contributed by atoms with Crippen molar-refractivity contribution in [1.29, 1.82) is 0 Å². The van der Waals surface area contributed by atoms with Crippen LogP contribution in [0.3, 0.4) is 0 Å². The van der Waals surface area contributed by atoms with Crippen molar-refractivity contribution in [3.63, 3.8) is 0 Å². The molecule has 6 unspecified atom stereocenters. The average Bonchev–Trinajstić information content (AvgIpc) is 3.35. The summed E-state index contributed by atoms with van der Waals surface area (Å²) in [6.45, 7) is 4.39. The van der Waals surface area contributed by atoms with Crippen molar-refractivity contribution in [2.75, 3.05) is 26.4 Å². The standard InChI is InChI=1S/C60H106O9/c1-3-5-7-9-11-13-15-17-19-21-23-25-27-28-29-31-33-35-37-39-41-43-45-47-49-56(62)68-54(53-67-60-59(65)58(64)57(63)55(51-61)69-60)52-66-50-48-46-44-42-40-38-36-34-32-30-26-24-22-20-18-16-14-12-10-8-6-4-2/h6,8,12,14,18,20,24,26,32,34,38,40,54-55,57-61,63-65H,3-5,7,9-11,13,15-17,19,21-23,25,27-31,33,35-37,39,41-53H2,1-2H3/b8-6-,14-12-,20-18-,26-24-,34-32-,40-38-. The van der Waals surface area contributed by atoms with Gasteiger partial charge >= 0.3 is 5.97 Å². The zero-order chi connectivity index (χ0) is 49.9. The lowest BCUT2D eigenvalue weighted by atomic mass is 9.99. The number of hydrogen-bond acceptors (Lipinski definition) is 9. The number of carbonyl (C=O) groups excluding carboxylic acids is 1. The molecule has 1 aliphatic rings. The maximum atomic E-state index is 12.9. The first-order valence-electron chi connectivity index (χ1n) is 28.5. The van der Waals surface area contributed by atoms with Gasteiger partial charge in [0.15, 0.2) is 6.29 Å². The molecule has 1 heterocycles. The Morgan fingerprint density at radius 2 is 0.884 bits per heavy atom. The summed E-state index contributed by atoms with van der Waals surface area (Å²) in [5.74, 6) is -0.323. The van der Waals surface area contributed by atoms with Gasteiger partial charge in [-0.15, -0.1) is 0 Å². The molecule has 0 aromatic rings. The predicted molar refractivity (Wildman–Crippen MR) is 288 cm³/mol. The minimum absolute atomic E-state index is 0.121. The van der Waals surface area contributed by atoms with Gasteiger partial charge in [-0.3, -0.25) is 4.79 Å². The molecule has 0 spiro atoms. The largest absolute Gasteiger partial charge is 0.457 e. The number of aliphatic hydroxyl groups is 4. The van der Waals surface area contributed by atoms with Gasteiger partial charge in [0.1, 0.15) is 30.5 Å². The maximum absolute atomic E-state index is 12.9. The quantitative estimate of drug-likeness (QED) is 0.0267. The van der Waals surface area contributed by atoms with Crippen molar-refractivity contribution in [3.05, 3.63) is 72.9 Å². The van der Waals surface area contributed by atoms with Crippen LogP contribution in [0.1, 0.15) is 239 Å². The monoisotopic (exact) mass is 971 g/mol. The molecule has 1 fully saturated rings. The van der Waals surface area contributed by atoms with Crippen molar-refractivity contribution in [2.24, 2.45) is 0 Å². The lowest BCUT2D eigenvalue weighted by Crippen LogP contribution is -2.59. The van der Waals surface area contributed by atoms with Crippen molar-refractivity contribution in [2.45, 2.75) is 275 Å². The van der Waals surface area contributed by atoms with Crippen LogP contribution in [0, 0.1) is 0 Å². The Morgan fingerprint density at radius 3 is 1.32 bits per heavy atom. The lowest BCUT2D eigenvalue weighted by Gasteiger charge is -2.39. The van der Waals surface area contributed by atoms with Crippen LogP contribution in [0.2, 0.25) is 0 Å². The van der Waals surface area contributed by atoms with Gasteiger partial charge in [-0.2, -0.15) is 0 Å². The van der Waals surface area contributed by atoms with Crippen LogP contribution < -0.4 is 0 Å². The third-order valence-electron chi connectivity index (χ3n) is 12.9. The molecule has 6 atom stereocenters. The summed E-state index contributed by atoms with van der Waals surface area (Å²) in [7, 11) is 0. The number of unbranched alkanes of at least 4 members (excludes halogenated alkanes) is 26. The van der Waals surface area contributed by atoms with Crippen LogP contribution in [0.4, 0.5) is 0 Å². The number of rotatable bonds is 49. The van der Waals surface area contributed by atoms with Gasteiger partial charge in [0.25, 0.3) is 0 Å². The number of carbonyl (C=O) groups is 1. The molecule has 0 amide bonds. The molecule has 0 aromatic carbocycles. The molecule has 1 aliphatic heterocycles. The van der Waals surface area contributed by atoms with Gasteiger partial charge in [-0.25, -0.2) is 0 Å². The van der Waals surface area contributed by atoms with E-state index in [9.17, 15) is 25.2 Å². The molecule has 9 heteroatoms. The molecule has 0 aliphatic carbocycles. The summed E-state index contributed by atoms with van der Waals surface area (Å²) in [6, 6.07) is 0. The van der Waals surface area contributed by atoms with Crippen molar-refractivity contribution < 1.29 is 44.2 Å². The third-order valence-corrected chi connectivity index (χ3v) is 12.9. The Morgan fingerprint density at radius 1 is 0.478 bits per heavy atom. The summed E-state index contributed by atoms with van der Waals surface area (Å²) in [4.78, 5) is 12.9. The SMILES string of the molecule is CC/C=C\C/C=C\C/C=C\C/C=C\C/C=C\C/C=C\CCCCCOCC(COC1OC(CO)C(O)C(O)C1O)OC(=O)CCCCCCCCCCCCCCCCCCCCCCCCCC. The van der Waals surface area contributed by atoms with Gasteiger partial charge in [0, 0.05) is 13.0 Å². The molecule has 4 N–H and O–H groups in total. The van der Waals surface area contributed by atoms with E-state index >= 15 is 0 Å². The van der Waals surface area contributed by atoms with Gasteiger partial charge in [0.05, 0.1) is 19.8 Å². The first-order valence-corrected chi connectivity index (χ1v) is 28.5. The molecule has 0 radical (unpaired) electrons. The normalized spacial score (nSPS) is 19.5. The average molecular weight is 971 g/mol. The van der Waals surface area contributed by atoms with Gasteiger partial charge < -0.3 is 39.4 Å². The van der Waals surface area contributed by atoms with Crippen molar-refractivity contribution in [1.82, 2.24) is 0 Å². The fourth-order valence-corrected chi connectivity index (χ4v) is 8.50. The Kier molecular flexibility index (Phi) is 47.4. The van der Waals surface area contributed by atoms with E-state index in [1.165, 1.54) is 135 Å². The molecule has 400 valence electrons. The number of aliphatic hydroxyl groups excluding tert-OH is 4. The van der Waals surface area contributed by atoms with E-state index in [-0.39, 0.29) is 19.2 Å². The molecular formula is C60H106O9. The predicted octanol–water partition coefficient (Wildman–Crippen LogP) is 14.8. The lowest BCUT2D eigenvalue weighted by molar-refractivity contribution is -0.305. The van der Waals surface area contributed by atoms with Crippen molar-refractivity contribution >= 4 is 5.97 Å². The number of ether oxygens (including phenoxy) is 4. The summed E-state index contributed by atoms with van der Waals surface area (Å²) in [5.41, 5.74) is 0. The highest BCUT2D eigenvalue weighted by Crippen LogP contribution is 2.23. The molecule has 69 heavy (non-hydrogen) atoms. The number of hydrogen-bond donors (Lipinski definition) is 4. The molecule has 0 aromatic heterocycles. The smallest absolute Gasteiger partial charge is 0.306 e. The Balaban J connectivity index is 2.19. The second-order valence-electron chi connectivity index (χ2n) is 19.4. The second kappa shape index (κ2) is 50.6. The first kappa shape index (κ1) is 64.6. The Bertz CT molecular complexity index is 1290. The highest BCUT2D eigenvalue weighted by atomic mass is 16.7. The second-order valence-corrected chi connectivity index (χ2v) is 19.4. The zero-order valence-corrected chi connectivity index (χ0v) is 44.3. The highest BCUT2D eigenvalue weighted by Gasteiger charge is 2.44. The van der Waals surface area contributed by atoms with E-state index in [2.05, 4.69) is 86.8 Å². The fourth-order valence-electron chi connectivity index (χ4n) is 8.50. The van der Waals surface area contributed by atoms with E-state index in [4.69, 9.17) is 18.9 Å². The zero-order valence-electron chi connectivity index (χ0n) is 44.3. The van der Waals surface area contributed by atoms with Crippen LogP contribution in [-0.2, 0) is 23.7 Å². The van der Waals surface area contributed by atoms with Gasteiger partial charge in [0.2, 0.25) is 0 Å². The number of esters is 1. The molecular weight excluding hydrogens is 865 g/mol. The fraction of sp³-hybridized carbons (Fsp3) is 0.783. The van der Waals surface area contributed by atoms with Crippen LogP contribution >= 0.6 is 0 Å². The molecule has 1 rings (SSSR count). The van der Waals surface area contributed by atoms with Crippen molar-refractivity contribution in [3.8, 4) is 0 Å². The molecule has 0 saturated carbocycles. The van der Waals surface area contributed by atoms with Crippen LogP contribution in [0.25, 0.3) is 0 Å². The van der Waals surface area contributed by atoms with E-state index in [1.807, 2.05) is 0 Å². The highest BCUT2D eigenvalue weighted by molar-refractivity contribution is 5.69. The summed E-state index contributed by atoms with van der Waals surface area (Å²) < 4.78 is 22.9. The van der Waals surface area contributed by atoms with Crippen LogP contribution in [0.5, 0.6) is 0 Å². The topological polar surface area (TPSA) is 135 Å². The minimum Gasteiger partial charge on any atom is -0.457 e. The first-order chi connectivity index (χ1) is 33.9. The number of allylic oxidation sites excluding steroid dienone is 12. The Labute approximate surface area is 423 Å². The third kappa shape index (κ3) is 40.9. The molecule has 0 bridgehead atoms. The minimum atomic E-state index is -1.55. The summed E-state index contributed by atoms with van der Waals surface area (Å²) in [6.07, 6.45) is 61.0. The van der Waals surface area contributed by atoms with Crippen LogP contribution in [0.15, 0.2) is 72.9 Å². The molecule has 9 nitrogen and oxygen atoms in total. The summed E-state index contributed by atoms with van der Waals surface area (Å²) in [5, 5.41) is 40.3. The maximum Gasteiger partial charge on any atom is 0.306 e.